The van der Waals surface area contributed by atoms with Crippen molar-refractivity contribution in [1.82, 2.24) is 9.80 Å². The predicted octanol–water partition coefficient (Wildman–Crippen LogP) is 2.49. The summed E-state index contributed by atoms with van der Waals surface area (Å²) in [6, 6.07) is 7.87. The number of ether oxygens (including phenoxy) is 2. The third-order valence-corrected chi connectivity index (χ3v) is 4.15. The highest BCUT2D eigenvalue weighted by atomic mass is 16.5. The number of carbonyl (C=O) groups excluding carboxylic acids is 2. The van der Waals surface area contributed by atoms with E-state index >= 15 is 0 Å². The summed E-state index contributed by atoms with van der Waals surface area (Å²) in [5.74, 6) is 0.553. The van der Waals surface area contributed by atoms with Crippen molar-refractivity contribution >= 4 is 11.9 Å². The molecule has 0 saturated carbocycles. The topological polar surface area (TPSA) is 59.1 Å². The molecule has 0 radical (unpaired) electrons. The fourth-order valence-corrected chi connectivity index (χ4v) is 2.62. The van der Waals surface area contributed by atoms with Gasteiger partial charge < -0.3 is 19.3 Å². The summed E-state index contributed by atoms with van der Waals surface area (Å²) >= 11 is 0. The molecule has 1 rings (SSSR count). The number of esters is 1. The van der Waals surface area contributed by atoms with Crippen LogP contribution in [0.5, 0.6) is 5.75 Å². The van der Waals surface area contributed by atoms with Crippen LogP contribution in [0.3, 0.4) is 0 Å². The van der Waals surface area contributed by atoms with Crippen LogP contribution in [0.25, 0.3) is 0 Å². The molecule has 0 saturated heterocycles. The van der Waals surface area contributed by atoms with Crippen LogP contribution in [0.2, 0.25) is 0 Å². The highest BCUT2D eigenvalue weighted by molar-refractivity contribution is 5.77. The number of amides is 1. The van der Waals surface area contributed by atoms with Gasteiger partial charge >= 0.3 is 5.97 Å². The van der Waals surface area contributed by atoms with Gasteiger partial charge in [-0.05, 0) is 38.2 Å². The summed E-state index contributed by atoms with van der Waals surface area (Å²) in [6.45, 7) is 2.87. The Labute approximate surface area is 150 Å². The SMILES string of the molecule is CCCC(=O)N(CCC(=O)OC)CC(c1ccc(OC)cc1)N(C)C. The summed E-state index contributed by atoms with van der Waals surface area (Å²) < 4.78 is 9.91. The van der Waals surface area contributed by atoms with Gasteiger partial charge in [-0.15, -0.1) is 0 Å². The van der Waals surface area contributed by atoms with Gasteiger partial charge in [0, 0.05) is 19.5 Å². The van der Waals surface area contributed by atoms with Crippen molar-refractivity contribution in [2.45, 2.75) is 32.2 Å². The van der Waals surface area contributed by atoms with E-state index in [-0.39, 0.29) is 24.3 Å². The average molecular weight is 350 g/mol. The summed E-state index contributed by atoms with van der Waals surface area (Å²) in [7, 11) is 6.96. The first-order valence-corrected chi connectivity index (χ1v) is 8.57. The van der Waals surface area contributed by atoms with E-state index in [9.17, 15) is 9.59 Å². The van der Waals surface area contributed by atoms with Crippen molar-refractivity contribution in [3.05, 3.63) is 29.8 Å². The molecular formula is C19H30N2O4. The molecule has 0 aliphatic carbocycles. The minimum absolute atomic E-state index is 0.0318. The van der Waals surface area contributed by atoms with Gasteiger partial charge in [0.15, 0.2) is 0 Å². The van der Waals surface area contributed by atoms with Crippen molar-refractivity contribution in [3.8, 4) is 5.75 Å². The van der Waals surface area contributed by atoms with Crippen LogP contribution in [0.15, 0.2) is 24.3 Å². The molecule has 0 N–H and O–H groups in total. The van der Waals surface area contributed by atoms with Gasteiger partial charge in [0.05, 0.1) is 26.7 Å². The summed E-state index contributed by atoms with van der Waals surface area (Å²) in [6.07, 6.45) is 1.46. The summed E-state index contributed by atoms with van der Waals surface area (Å²) in [4.78, 5) is 27.8. The first-order valence-electron chi connectivity index (χ1n) is 8.57. The quantitative estimate of drug-likeness (QED) is 0.607. The lowest BCUT2D eigenvalue weighted by Gasteiger charge is -2.32. The second-order valence-electron chi connectivity index (χ2n) is 6.17. The highest BCUT2D eigenvalue weighted by Crippen LogP contribution is 2.23. The molecule has 0 fully saturated rings. The largest absolute Gasteiger partial charge is 0.497 e. The lowest BCUT2D eigenvalue weighted by molar-refractivity contribution is -0.142. The van der Waals surface area contributed by atoms with E-state index in [4.69, 9.17) is 9.47 Å². The van der Waals surface area contributed by atoms with Crippen molar-refractivity contribution < 1.29 is 19.1 Å². The molecule has 1 atom stereocenters. The minimum atomic E-state index is -0.305. The van der Waals surface area contributed by atoms with Gasteiger partial charge in [0.25, 0.3) is 0 Å². The van der Waals surface area contributed by atoms with E-state index in [0.717, 1.165) is 17.7 Å². The number of nitrogens with zero attached hydrogens (tertiary/aromatic N) is 2. The molecule has 0 aliphatic rings. The molecule has 1 aromatic carbocycles. The van der Waals surface area contributed by atoms with Gasteiger partial charge in [-0.25, -0.2) is 0 Å². The number of rotatable bonds is 10. The zero-order chi connectivity index (χ0) is 18.8. The zero-order valence-corrected chi connectivity index (χ0v) is 15.9. The summed E-state index contributed by atoms with van der Waals surface area (Å²) in [5.41, 5.74) is 1.10. The molecule has 6 heteroatoms. The number of methoxy groups -OCH3 is 2. The maximum Gasteiger partial charge on any atom is 0.307 e. The van der Waals surface area contributed by atoms with E-state index in [1.807, 2.05) is 45.3 Å². The predicted molar refractivity (Wildman–Crippen MR) is 97.5 cm³/mol. The third-order valence-electron chi connectivity index (χ3n) is 4.15. The van der Waals surface area contributed by atoms with Gasteiger partial charge in [0.2, 0.25) is 5.91 Å². The Balaban J connectivity index is 2.93. The molecule has 1 unspecified atom stereocenters. The monoisotopic (exact) mass is 350 g/mol. The Morgan fingerprint density at radius 1 is 1.08 bits per heavy atom. The first kappa shape index (κ1) is 21.0. The Morgan fingerprint density at radius 3 is 2.20 bits per heavy atom. The number of likely N-dealkylation sites (N-methyl/N-ethyl adjacent to an activating group) is 1. The van der Waals surface area contributed by atoms with Crippen LogP contribution in [0, 0.1) is 0 Å². The Kier molecular flexibility index (Phi) is 8.99. The Bertz CT molecular complexity index is 543. The Hall–Kier alpha value is -2.08. The van der Waals surface area contributed by atoms with Crippen LogP contribution < -0.4 is 4.74 Å². The van der Waals surface area contributed by atoms with Crippen LogP contribution in [0.1, 0.15) is 37.8 Å². The maximum absolute atomic E-state index is 12.5. The van der Waals surface area contributed by atoms with Gasteiger partial charge in [0.1, 0.15) is 5.75 Å². The second-order valence-corrected chi connectivity index (χ2v) is 6.17. The number of benzene rings is 1. The van der Waals surface area contributed by atoms with Crippen LogP contribution in [-0.4, -0.2) is 63.1 Å². The van der Waals surface area contributed by atoms with Gasteiger partial charge in [-0.3, -0.25) is 9.59 Å². The standard InChI is InChI=1S/C19H30N2O4/c1-6-7-18(22)21(13-12-19(23)25-5)14-17(20(2)3)15-8-10-16(24-4)11-9-15/h8-11,17H,6-7,12-14H2,1-5H3. The molecule has 0 bridgehead atoms. The molecule has 6 nitrogen and oxygen atoms in total. The molecule has 0 aliphatic heterocycles. The highest BCUT2D eigenvalue weighted by Gasteiger charge is 2.22. The Morgan fingerprint density at radius 2 is 1.72 bits per heavy atom. The van der Waals surface area contributed by atoms with Crippen LogP contribution in [-0.2, 0) is 14.3 Å². The molecular weight excluding hydrogens is 320 g/mol. The van der Waals surface area contributed by atoms with E-state index in [1.165, 1.54) is 7.11 Å². The lowest BCUT2D eigenvalue weighted by Crippen LogP contribution is -2.40. The molecule has 1 amide bonds. The third kappa shape index (κ3) is 6.74. The van der Waals surface area contributed by atoms with Crippen molar-refractivity contribution in [1.29, 1.82) is 0 Å². The number of hydrogen-bond donors (Lipinski definition) is 0. The van der Waals surface area contributed by atoms with E-state index < -0.39 is 0 Å². The lowest BCUT2D eigenvalue weighted by atomic mass is 10.0. The van der Waals surface area contributed by atoms with E-state index in [1.54, 1.807) is 12.0 Å². The van der Waals surface area contributed by atoms with Crippen LogP contribution in [0.4, 0.5) is 0 Å². The van der Waals surface area contributed by atoms with Crippen molar-refractivity contribution in [3.63, 3.8) is 0 Å². The zero-order valence-electron chi connectivity index (χ0n) is 15.9. The van der Waals surface area contributed by atoms with Gasteiger partial charge in [-0.2, -0.15) is 0 Å². The van der Waals surface area contributed by atoms with E-state index in [0.29, 0.717) is 19.5 Å². The number of carbonyl (C=O) groups is 2. The normalized spacial score (nSPS) is 11.9. The average Bonchev–Trinajstić information content (AvgIpc) is 2.61. The second kappa shape index (κ2) is 10.7. The fraction of sp³-hybridized carbons (Fsp3) is 0.579. The van der Waals surface area contributed by atoms with Crippen molar-refractivity contribution in [2.75, 3.05) is 41.4 Å². The smallest absolute Gasteiger partial charge is 0.307 e. The first-order chi connectivity index (χ1) is 11.9. The maximum atomic E-state index is 12.5. The molecule has 140 valence electrons. The molecule has 0 heterocycles. The molecule has 0 spiro atoms. The molecule has 25 heavy (non-hydrogen) atoms. The summed E-state index contributed by atoms with van der Waals surface area (Å²) in [5, 5.41) is 0. The van der Waals surface area contributed by atoms with Gasteiger partial charge in [-0.1, -0.05) is 19.1 Å². The molecule has 0 aromatic heterocycles. The fourth-order valence-electron chi connectivity index (χ4n) is 2.62. The van der Waals surface area contributed by atoms with Crippen molar-refractivity contribution in [2.24, 2.45) is 0 Å². The minimum Gasteiger partial charge on any atom is -0.497 e. The van der Waals surface area contributed by atoms with E-state index in [2.05, 4.69) is 4.90 Å². The van der Waals surface area contributed by atoms with Crippen LogP contribution >= 0.6 is 0 Å². The molecule has 1 aromatic rings. The number of hydrogen-bond acceptors (Lipinski definition) is 5.